The molecule has 4 nitrogen and oxygen atoms in total. The Kier molecular flexibility index (Phi) is 5.88. The maximum absolute atomic E-state index is 12.4. The van der Waals surface area contributed by atoms with Gasteiger partial charge in [-0.2, -0.15) is 11.3 Å². The molecule has 0 atom stereocenters. The summed E-state index contributed by atoms with van der Waals surface area (Å²) < 4.78 is 5.63. The monoisotopic (exact) mass is 344 g/mol. The molecule has 0 aliphatic carbocycles. The van der Waals surface area contributed by atoms with Crippen LogP contribution in [0.2, 0.25) is 0 Å². The number of carbonyl (C=O) groups is 1. The van der Waals surface area contributed by atoms with Gasteiger partial charge in [0.25, 0.3) is 5.91 Å². The van der Waals surface area contributed by atoms with Crippen LogP contribution in [0.1, 0.15) is 17.5 Å². The summed E-state index contributed by atoms with van der Waals surface area (Å²) in [6, 6.07) is 9.98. The Balaban J connectivity index is 1.46. The largest absolute Gasteiger partial charge is 0.484 e. The van der Waals surface area contributed by atoms with Gasteiger partial charge < -0.3 is 9.64 Å². The van der Waals surface area contributed by atoms with Crippen molar-refractivity contribution in [1.29, 1.82) is 0 Å². The number of amides is 1. The SMILES string of the molecule is Cc1ccc(OCC(=O)N2CCCN(Cc3ccsc3)CC2)cc1. The third-order valence-corrected chi connectivity index (χ3v) is 5.04. The highest BCUT2D eigenvalue weighted by Crippen LogP contribution is 2.13. The van der Waals surface area contributed by atoms with Crippen molar-refractivity contribution in [2.24, 2.45) is 0 Å². The number of aryl methyl sites for hydroxylation is 1. The van der Waals surface area contributed by atoms with Crippen molar-refractivity contribution in [1.82, 2.24) is 9.80 Å². The van der Waals surface area contributed by atoms with E-state index >= 15 is 0 Å². The number of ether oxygens (including phenoxy) is 1. The van der Waals surface area contributed by atoms with Crippen LogP contribution in [0.4, 0.5) is 0 Å². The zero-order valence-corrected chi connectivity index (χ0v) is 14.9. The summed E-state index contributed by atoms with van der Waals surface area (Å²) in [6.45, 7) is 6.69. The molecule has 1 saturated heterocycles. The molecule has 0 radical (unpaired) electrons. The maximum atomic E-state index is 12.4. The number of hydrogen-bond acceptors (Lipinski definition) is 4. The predicted octanol–water partition coefficient (Wildman–Crippen LogP) is 3.17. The first-order valence-electron chi connectivity index (χ1n) is 8.41. The maximum Gasteiger partial charge on any atom is 0.260 e. The van der Waals surface area contributed by atoms with Gasteiger partial charge in [-0.1, -0.05) is 17.7 Å². The second kappa shape index (κ2) is 8.31. The zero-order valence-electron chi connectivity index (χ0n) is 14.1. The highest BCUT2D eigenvalue weighted by molar-refractivity contribution is 7.07. The molecule has 0 saturated carbocycles. The number of hydrogen-bond donors (Lipinski definition) is 0. The minimum atomic E-state index is 0.0768. The Morgan fingerprint density at radius 3 is 2.71 bits per heavy atom. The standard InChI is InChI=1S/C19H24N2O2S/c1-16-3-5-18(6-4-16)23-14-19(22)21-9-2-8-20(10-11-21)13-17-7-12-24-15-17/h3-7,12,15H,2,8-11,13-14H2,1H3. The van der Waals surface area contributed by atoms with Gasteiger partial charge in [-0.3, -0.25) is 9.69 Å². The molecule has 1 amide bonds. The smallest absolute Gasteiger partial charge is 0.260 e. The molecule has 5 heteroatoms. The molecule has 2 heterocycles. The van der Waals surface area contributed by atoms with Gasteiger partial charge in [0.05, 0.1) is 0 Å². The van der Waals surface area contributed by atoms with Crippen LogP contribution in [0, 0.1) is 6.92 Å². The third kappa shape index (κ3) is 4.82. The zero-order chi connectivity index (χ0) is 16.8. The first-order valence-corrected chi connectivity index (χ1v) is 9.36. The number of thiophene rings is 1. The molecule has 0 bridgehead atoms. The Hall–Kier alpha value is -1.85. The van der Waals surface area contributed by atoms with Crippen molar-refractivity contribution in [3.8, 4) is 5.75 Å². The van der Waals surface area contributed by atoms with Crippen molar-refractivity contribution in [2.75, 3.05) is 32.8 Å². The van der Waals surface area contributed by atoms with Gasteiger partial charge in [0.15, 0.2) is 6.61 Å². The number of carbonyl (C=O) groups excluding carboxylic acids is 1. The molecule has 128 valence electrons. The van der Waals surface area contributed by atoms with Crippen molar-refractivity contribution in [3.05, 3.63) is 52.2 Å². The highest BCUT2D eigenvalue weighted by atomic mass is 32.1. The second-order valence-corrected chi connectivity index (χ2v) is 7.02. The van der Waals surface area contributed by atoms with Crippen molar-refractivity contribution < 1.29 is 9.53 Å². The molecule has 1 aliphatic rings. The van der Waals surface area contributed by atoms with Gasteiger partial charge in [-0.05, 0) is 47.9 Å². The average Bonchev–Trinajstić information content (AvgIpc) is 2.98. The predicted molar refractivity (Wildman–Crippen MR) is 97.5 cm³/mol. The summed E-state index contributed by atoms with van der Waals surface area (Å²) in [5.41, 5.74) is 2.55. The Morgan fingerprint density at radius 1 is 1.12 bits per heavy atom. The van der Waals surface area contributed by atoms with E-state index in [-0.39, 0.29) is 12.5 Å². The Bertz CT molecular complexity index is 640. The van der Waals surface area contributed by atoms with Gasteiger partial charge in [-0.15, -0.1) is 0 Å². The molecule has 0 spiro atoms. The minimum Gasteiger partial charge on any atom is -0.484 e. The summed E-state index contributed by atoms with van der Waals surface area (Å²) in [5, 5.41) is 4.31. The van der Waals surface area contributed by atoms with E-state index in [9.17, 15) is 4.79 Å². The van der Waals surface area contributed by atoms with Gasteiger partial charge >= 0.3 is 0 Å². The number of nitrogens with zero attached hydrogens (tertiary/aromatic N) is 2. The van der Waals surface area contributed by atoms with E-state index in [1.807, 2.05) is 36.1 Å². The molecular weight excluding hydrogens is 320 g/mol. The molecule has 1 aromatic heterocycles. The molecule has 1 fully saturated rings. The quantitative estimate of drug-likeness (QED) is 0.835. The summed E-state index contributed by atoms with van der Waals surface area (Å²) in [6.07, 6.45) is 1.01. The highest BCUT2D eigenvalue weighted by Gasteiger charge is 2.19. The first kappa shape index (κ1) is 17.0. The second-order valence-electron chi connectivity index (χ2n) is 6.24. The Labute approximate surface area is 147 Å². The van der Waals surface area contributed by atoms with Crippen LogP contribution in [0.5, 0.6) is 5.75 Å². The van der Waals surface area contributed by atoms with Crippen LogP contribution >= 0.6 is 11.3 Å². The number of rotatable bonds is 5. The summed E-state index contributed by atoms with van der Waals surface area (Å²) in [4.78, 5) is 16.8. The lowest BCUT2D eigenvalue weighted by Gasteiger charge is -2.22. The fourth-order valence-corrected chi connectivity index (χ4v) is 3.55. The van der Waals surface area contributed by atoms with E-state index < -0.39 is 0 Å². The molecular formula is C19H24N2O2S. The van der Waals surface area contributed by atoms with E-state index in [0.29, 0.717) is 0 Å². The van der Waals surface area contributed by atoms with Gasteiger partial charge in [0.1, 0.15) is 5.75 Å². The molecule has 0 unspecified atom stereocenters. The van der Waals surface area contributed by atoms with Gasteiger partial charge in [0.2, 0.25) is 0 Å². The summed E-state index contributed by atoms with van der Waals surface area (Å²) in [7, 11) is 0. The molecule has 1 aliphatic heterocycles. The molecule has 3 rings (SSSR count). The molecule has 2 aromatic rings. The van der Waals surface area contributed by atoms with E-state index in [4.69, 9.17) is 4.74 Å². The van der Waals surface area contributed by atoms with E-state index in [1.54, 1.807) is 11.3 Å². The van der Waals surface area contributed by atoms with Crippen LogP contribution in [0.15, 0.2) is 41.1 Å². The normalized spacial score (nSPS) is 16.0. The third-order valence-electron chi connectivity index (χ3n) is 4.31. The van der Waals surface area contributed by atoms with Crippen LogP contribution in [-0.4, -0.2) is 48.5 Å². The molecule has 1 aromatic carbocycles. The lowest BCUT2D eigenvalue weighted by atomic mass is 10.2. The minimum absolute atomic E-state index is 0.0768. The lowest BCUT2D eigenvalue weighted by molar-refractivity contribution is -0.133. The van der Waals surface area contributed by atoms with Crippen LogP contribution in [0.25, 0.3) is 0 Å². The summed E-state index contributed by atoms with van der Waals surface area (Å²) in [5.74, 6) is 0.829. The van der Waals surface area contributed by atoms with E-state index in [1.165, 1.54) is 11.1 Å². The van der Waals surface area contributed by atoms with Crippen LogP contribution in [-0.2, 0) is 11.3 Å². The van der Waals surface area contributed by atoms with Gasteiger partial charge in [0, 0.05) is 32.7 Å². The average molecular weight is 344 g/mol. The number of benzene rings is 1. The lowest BCUT2D eigenvalue weighted by Crippen LogP contribution is -2.37. The van der Waals surface area contributed by atoms with E-state index in [0.717, 1.165) is 44.9 Å². The molecule has 0 N–H and O–H groups in total. The van der Waals surface area contributed by atoms with Crippen molar-refractivity contribution in [3.63, 3.8) is 0 Å². The first-order chi connectivity index (χ1) is 11.7. The van der Waals surface area contributed by atoms with Crippen LogP contribution < -0.4 is 4.74 Å². The summed E-state index contributed by atoms with van der Waals surface area (Å²) >= 11 is 1.74. The molecule has 24 heavy (non-hydrogen) atoms. The van der Waals surface area contributed by atoms with E-state index in [2.05, 4.69) is 21.7 Å². The van der Waals surface area contributed by atoms with Crippen LogP contribution in [0.3, 0.4) is 0 Å². The fraction of sp³-hybridized carbons (Fsp3) is 0.421. The van der Waals surface area contributed by atoms with Crippen molar-refractivity contribution >= 4 is 17.2 Å². The Morgan fingerprint density at radius 2 is 1.96 bits per heavy atom. The van der Waals surface area contributed by atoms with Gasteiger partial charge in [-0.25, -0.2) is 0 Å². The van der Waals surface area contributed by atoms with Crippen molar-refractivity contribution in [2.45, 2.75) is 19.9 Å². The fourth-order valence-electron chi connectivity index (χ4n) is 2.89. The topological polar surface area (TPSA) is 32.8 Å².